The number of rotatable bonds is 10. The summed E-state index contributed by atoms with van der Waals surface area (Å²) in [4.78, 5) is 11.8. The minimum atomic E-state index is -0.347. The normalized spacial score (nSPS) is 13.2. The van der Waals surface area contributed by atoms with Gasteiger partial charge < -0.3 is 9.47 Å². The summed E-state index contributed by atoms with van der Waals surface area (Å²) < 4.78 is 11.5. The molecule has 0 aromatic heterocycles. The highest BCUT2D eigenvalue weighted by Crippen LogP contribution is 2.19. The van der Waals surface area contributed by atoms with E-state index in [4.69, 9.17) is 9.47 Å². The third kappa shape index (κ3) is 6.89. The van der Waals surface area contributed by atoms with Crippen LogP contribution in [0.4, 0.5) is 0 Å². The minimum Gasteiger partial charge on any atom is -0.487 e. The summed E-state index contributed by atoms with van der Waals surface area (Å²) in [5, 5.41) is 0. The molecule has 0 aliphatic carbocycles. The number of benzene rings is 1. The maximum atomic E-state index is 11.8. The van der Waals surface area contributed by atoms with Gasteiger partial charge in [0, 0.05) is 5.57 Å². The van der Waals surface area contributed by atoms with Crippen LogP contribution in [0.25, 0.3) is 0 Å². The summed E-state index contributed by atoms with van der Waals surface area (Å²) in [7, 11) is 0. The average molecular weight is 318 g/mol. The zero-order valence-electron chi connectivity index (χ0n) is 14.9. The van der Waals surface area contributed by atoms with Gasteiger partial charge in [0.05, 0.1) is 0 Å². The van der Waals surface area contributed by atoms with E-state index in [9.17, 15) is 4.79 Å². The Morgan fingerprint density at radius 1 is 1.17 bits per heavy atom. The predicted octanol–water partition coefficient (Wildman–Crippen LogP) is 5.08. The molecule has 2 unspecified atom stereocenters. The first kappa shape index (κ1) is 19.3. The van der Waals surface area contributed by atoms with Gasteiger partial charge in [-0.25, -0.2) is 4.79 Å². The van der Waals surface area contributed by atoms with Gasteiger partial charge in [0.2, 0.25) is 0 Å². The smallest absolute Gasteiger partial charge is 0.333 e. The van der Waals surface area contributed by atoms with Crippen LogP contribution in [0.5, 0.6) is 5.75 Å². The highest BCUT2D eigenvalue weighted by Gasteiger charge is 2.23. The minimum absolute atomic E-state index is 0.193. The molecule has 0 N–H and O–H groups in total. The van der Waals surface area contributed by atoms with E-state index in [-0.39, 0.29) is 18.2 Å². The van der Waals surface area contributed by atoms with Gasteiger partial charge in [0.25, 0.3) is 0 Å². The first-order valence-electron chi connectivity index (χ1n) is 8.60. The Hall–Kier alpha value is -1.77. The number of unbranched alkanes of at least 4 members (excludes halogenated alkanes) is 1. The van der Waals surface area contributed by atoms with Crippen molar-refractivity contribution >= 4 is 5.97 Å². The maximum absolute atomic E-state index is 11.8. The molecule has 1 aromatic carbocycles. The van der Waals surface area contributed by atoms with E-state index in [1.807, 2.05) is 19.1 Å². The molecule has 0 aliphatic heterocycles. The molecule has 0 bridgehead atoms. The summed E-state index contributed by atoms with van der Waals surface area (Å²) >= 11 is 0. The predicted molar refractivity (Wildman–Crippen MR) is 94.7 cm³/mol. The number of esters is 1. The molecule has 23 heavy (non-hydrogen) atoms. The topological polar surface area (TPSA) is 35.5 Å². The first-order valence-corrected chi connectivity index (χ1v) is 8.60. The SMILES string of the molecule is C=C(C)C(=O)OC(CCCC)C(C)Oc1ccc(CCC)cc1. The van der Waals surface area contributed by atoms with Crippen molar-refractivity contribution in [3.63, 3.8) is 0 Å². The van der Waals surface area contributed by atoms with E-state index in [0.29, 0.717) is 5.57 Å². The zero-order chi connectivity index (χ0) is 17.2. The summed E-state index contributed by atoms with van der Waals surface area (Å²) in [5.74, 6) is 0.463. The van der Waals surface area contributed by atoms with Crippen LogP contribution in [0.1, 0.15) is 58.9 Å². The third-order valence-electron chi connectivity index (χ3n) is 3.76. The second-order valence-corrected chi connectivity index (χ2v) is 6.08. The quantitative estimate of drug-likeness (QED) is 0.445. The molecule has 0 saturated heterocycles. The monoisotopic (exact) mass is 318 g/mol. The summed E-state index contributed by atoms with van der Waals surface area (Å²) in [6.45, 7) is 11.5. The van der Waals surface area contributed by atoms with Crippen molar-refractivity contribution in [2.75, 3.05) is 0 Å². The van der Waals surface area contributed by atoms with Crippen molar-refractivity contribution in [2.24, 2.45) is 0 Å². The van der Waals surface area contributed by atoms with Gasteiger partial charge in [0.15, 0.2) is 0 Å². The molecular formula is C20H30O3. The van der Waals surface area contributed by atoms with E-state index in [1.54, 1.807) is 6.92 Å². The third-order valence-corrected chi connectivity index (χ3v) is 3.76. The van der Waals surface area contributed by atoms with Gasteiger partial charge in [-0.2, -0.15) is 0 Å². The summed E-state index contributed by atoms with van der Waals surface area (Å²) in [6.07, 6.45) is 4.61. The Morgan fingerprint density at radius 3 is 2.35 bits per heavy atom. The van der Waals surface area contributed by atoms with Crippen LogP contribution in [-0.4, -0.2) is 18.2 Å². The van der Waals surface area contributed by atoms with E-state index < -0.39 is 0 Å². The van der Waals surface area contributed by atoms with Gasteiger partial charge in [-0.15, -0.1) is 0 Å². The van der Waals surface area contributed by atoms with Crippen LogP contribution in [-0.2, 0) is 16.0 Å². The fraction of sp³-hybridized carbons (Fsp3) is 0.550. The van der Waals surface area contributed by atoms with Crippen LogP contribution in [0.3, 0.4) is 0 Å². The molecule has 0 spiro atoms. The fourth-order valence-electron chi connectivity index (χ4n) is 2.35. The van der Waals surface area contributed by atoms with Crippen molar-refractivity contribution in [1.82, 2.24) is 0 Å². The van der Waals surface area contributed by atoms with Crippen molar-refractivity contribution in [3.05, 3.63) is 42.0 Å². The lowest BCUT2D eigenvalue weighted by Crippen LogP contribution is -2.33. The molecule has 0 amide bonds. The molecule has 0 fully saturated rings. The van der Waals surface area contributed by atoms with E-state index in [1.165, 1.54) is 5.56 Å². The van der Waals surface area contributed by atoms with Crippen LogP contribution in [0.2, 0.25) is 0 Å². The largest absolute Gasteiger partial charge is 0.487 e. The molecule has 128 valence electrons. The molecule has 2 atom stereocenters. The number of aryl methyl sites for hydroxylation is 1. The Balaban J connectivity index is 2.69. The highest BCUT2D eigenvalue weighted by molar-refractivity contribution is 5.87. The van der Waals surface area contributed by atoms with Gasteiger partial charge in [0.1, 0.15) is 18.0 Å². The lowest BCUT2D eigenvalue weighted by Gasteiger charge is -2.25. The number of hydrogen-bond donors (Lipinski definition) is 0. The number of carbonyl (C=O) groups is 1. The Bertz CT molecular complexity index is 490. The molecule has 0 radical (unpaired) electrons. The number of carbonyl (C=O) groups excluding carboxylic acids is 1. The average Bonchev–Trinajstić information content (AvgIpc) is 2.53. The summed E-state index contributed by atoms with van der Waals surface area (Å²) in [5.41, 5.74) is 1.73. The van der Waals surface area contributed by atoms with Crippen molar-refractivity contribution in [3.8, 4) is 5.75 Å². The van der Waals surface area contributed by atoms with Gasteiger partial charge in [-0.1, -0.05) is 45.4 Å². The van der Waals surface area contributed by atoms with E-state index in [0.717, 1.165) is 37.9 Å². The van der Waals surface area contributed by atoms with E-state index in [2.05, 4.69) is 32.6 Å². The second kappa shape index (κ2) is 10.1. The molecule has 0 aliphatic rings. The van der Waals surface area contributed by atoms with Crippen LogP contribution in [0.15, 0.2) is 36.4 Å². The standard InChI is InChI=1S/C20H30O3/c1-6-8-10-19(23-20(21)15(3)4)16(5)22-18-13-11-17(9-7-2)12-14-18/h11-14,16,19H,3,6-10H2,1-2,4-5H3. The number of hydrogen-bond acceptors (Lipinski definition) is 3. The molecule has 3 heteroatoms. The Labute approximate surface area is 140 Å². The zero-order valence-corrected chi connectivity index (χ0v) is 14.9. The van der Waals surface area contributed by atoms with Crippen molar-refractivity contribution in [1.29, 1.82) is 0 Å². The molecule has 3 nitrogen and oxygen atoms in total. The lowest BCUT2D eigenvalue weighted by atomic mass is 10.1. The molecule has 1 aromatic rings. The Kier molecular flexibility index (Phi) is 8.46. The molecule has 1 rings (SSSR count). The van der Waals surface area contributed by atoms with Crippen LogP contribution < -0.4 is 4.74 Å². The van der Waals surface area contributed by atoms with Gasteiger partial charge in [-0.3, -0.25) is 0 Å². The second-order valence-electron chi connectivity index (χ2n) is 6.08. The van der Waals surface area contributed by atoms with Crippen LogP contribution >= 0.6 is 0 Å². The van der Waals surface area contributed by atoms with E-state index >= 15 is 0 Å². The molecular weight excluding hydrogens is 288 g/mol. The van der Waals surface area contributed by atoms with Crippen LogP contribution in [0, 0.1) is 0 Å². The Morgan fingerprint density at radius 2 is 1.83 bits per heavy atom. The van der Waals surface area contributed by atoms with Gasteiger partial charge >= 0.3 is 5.97 Å². The number of ether oxygens (including phenoxy) is 2. The van der Waals surface area contributed by atoms with Crippen molar-refractivity contribution < 1.29 is 14.3 Å². The lowest BCUT2D eigenvalue weighted by molar-refractivity contribution is -0.149. The fourth-order valence-corrected chi connectivity index (χ4v) is 2.35. The molecule has 0 heterocycles. The van der Waals surface area contributed by atoms with Gasteiger partial charge in [-0.05, 0) is 50.8 Å². The first-order chi connectivity index (χ1) is 11.0. The summed E-state index contributed by atoms with van der Waals surface area (Å²) in [6, 6.07) is 8.15. The molecule has 0 saturated carbocycles. The highest BCUT2D eigenvalue weighted by atomic mass is 16.6. The van der Waals surface area contributed by atoms with Crippen molar-refractivity contribution in [2.45, 2.75) is 72.0 Å². The maximum Gasteiger partial charge on any atom is 0.333 e.